The Morgan fingerprint density at radius 3 is 2.57 bits per heavy atom. The van der Waals surface area contributed by atoms with Crippen LogP contribution in [-0.4, -0.2) is 16.1 Å². The molecule has 0 aliphatic heterocycles. The smallest absolute Gasteiger partial charge is 0.354 e. The van der Waals surface area contributed by atoms with Gasteiger partial charge in [-0.25, -0.2) is 18.6 Å². The van der Waals surface area contributed by atoms with Gasteiger partial charge in [-0.05, 0) is 35.6 Å². The number of hydrogen-bond acceptors (Lipinski definition) is 2. The van der Waals surface area contributed by atoms with Crippen LogP contribution in [0.15, 0.2) is 6.07 Å². The van der Waals surface area contributed by atoms with Crippen molar-refractivity contribution in [3.8, 4) is 0 Å². The van der Waals surface area contributed by atoms with Gasteiger partial charge >= 0.3 is 5.97 Å². The third-order valence-electron chi connectivity index (χ3n) is 1.64. The molecule has 0 atom stereocenters. The van der Waals surface area contributed by atoms with Crippen molar-refractivity contribution >= 4 is 28.6 Å². The molecule has 0 amide bonds. The van der Waals surface area contributed by atoms with E-state index in [1.807, 2.05) is 0 Å². The summed E-state index contributed by atoms with van der Waals surface area (Å²) in [6.07, 6.45) is -2.63. The number of nitrogens with zero attached hydrogens (tertiary/aromatic N) is 1. The van der Waals surface area contributed by atoms with Crippen LogP contribution in [0.5, 0.6) is 0 Å². The first-order valence-corrected chi connectivity index (χ1v) is 4.70. The fourth-order valence-electron chi connectivity index (χ4n) is 1.02. The number of aryl methyl sites for hydroxylation is 1. The number of carboxylic acid groups (broad SMARTS) is 1. The van der Waals surface area contributed by atoms with Crippen molar-refractivity contribution < 1.29 is 18.7 Å². The number of pyridine rings is 1. The minimum atomic E-state index is -2.63. The first-order chi connectivity index (χ1) is 6.43. The number of carboxylic acids is 1. The number of halogens is 3. The second-order valence-corrected chi connectivity index (χ2v) is 3.76. The maximum absolute atomic E-state index is 12.4. The van der Waals surface area contributed by atoms with Gasteiger partial charge in [-0.3, -0.25) is 0 Å². The maximum atomic E-state index is 12.4. The molecule has 0 aliphatic carbocycles. The van der Waals surface area contributed by atoms with Crippen LogP contribution in [0.1, 0.15) is 28.2 Å². The van der Waals surface area contributed by atoms with E-state index < -0.39 is 12.4 Å². The molecule has 3 nitrogen and oxygen atoms in total. The lowest BCUT2D eigenvalue weighted by Crippen LogP contribution is -2.06. The van der Waals surface area contributed by atoms with E-state index >= 15 is 0 Å². The van der Waals surface area contributed by atoms with Gasteiger partial charge in [-0.2, -0.15) is 0 Å². The first-order valence-electron chi connectivity index (χ1n) is 3.62. The molecule has 0 saturated heterocycles. The van der Waals surface area contributed by atoms with Crippen molar-refractivity contribution in [2.75, 3.05) is 0 Å². The largest absolute Gasteiger partial charge is 0.477 e. The van der Waals surface area contributed by atoms with E-state index in [0.29, 0.717) is 0 Å². The quantitative estimate of drug-likeness (QED) is 0.854. The third kappa shape index (κ3) is 2.17. The first kappa shape index (κ1) is 11.3. The molecule has 1 N–H and O–H groups in total. The zero-order valence-corrected chi connectivity index (χ0v) is 9.25. The lowest BCUT2D eigenvalue weighted by atomic mass is 10.2. The zero-order valence-electron chi connectivity index (χ0n) is 7.09. The Morgan fingerprint density at radius 1 is 1.64 bits per heavy atom. The van der Waals surface area contributed by atoms with Crippen LogP contribution in [0.2, 0.25) is 0 Å². The molecular formula is C8H6F2INO2. The Kier molecular flexibility index (Phi) is 3.35. The monoisotopic (exact) mass is 313 g/mol. The maximum Gasteiger partial charge on any atom is 0.354 e. The van der Waals surface area contributed by atoms with E-state index in [1.54, 1.807) is 22.6 Å². The van der Waals surface area contributed by atoms with Gasteiger partial charge in [-0.15, -0.1) is 0 Å². The van der Waals surface area contributed by atoms with E-state index in [1.165, 1.54) is 6.92 Å². The van der Waals surface area contributed by atoms with Gasteiger partial charge in [0.2, 0.25) is 0 Å². The molecule has 76 valence electrons. The van der Waals surface area contributed by atoms with Crippen molar-refractivity contribution in [2.45, 2.75) is 13.3 Å². The molecule has 0 saturated carbocycles. The highest BCUT2D eigenvalue weighted by Gasteiger charge is 2.18. The summed E-state index contributed by atoms with van der Waals surface area (Å²) in [6, 6.07) is 1.14. The Hall–Kier alpha value is -0.790. The molecular weight excluding hydrogens is 307 g/mol. The van der Waals surface area contributed by atoms with Crippen LogP contribution in [-0.2, 0) is 0 Å². The fourth-order valence-corrected chi connectivity index (χ4v) is 1.94. The summed E-state index contributed by atoms with van der Waals surface area (Å²) in [7, 11) is 0. The summed E-state index contributed by atoms with van der Waals surface area (Å²) in [5, 5.41) is 8.61. The average Bonchev–Trinajstić information content (AvgIpc) is 2.01. The summed E-state index contributed by atoms with van der Waals surface area (Å²) < 4.78 is 25.1. The molecule has 1 aromatic heterocycles. The fraction of sp³-hybridized carbons (Fsp3) is 0.250. The van der Waals surface area contributed by atoms with Crippen LogP contribution in [0, 0.1) is 10.5 Å². The van der Waals surface area contributed by atoms with Gasteiger partial charge in [0.25, 0.3) is 6.43 Å². The Bertz CT molecular complexity index is 359. The van der Waals surface area contributed by atoms with E-state index in [9.17, 15) is 13.6 Å². The number of rotatable bonds is 2. The lowest BCUT2D eigenvalue weighted by molar-refractivity contribution is 0.0689. The van der Waals surface area contributed by atoms with E-state index in [0.717, 1.165) is 6.07 Å². The van der Waals surface area contributed by atoms with E-state index in [-0.39, 0.29) is 20.5 Å². The third-order valence-corrected chi connectivity index (χ3v) is 2.53. The second-order valence-electron chi connectivity index (χ2n) is 2.59. The van der Waals surface area contributed by atoms with Crippen LogP contribution in [0.4, 0.5) is 8.78 Å². The standard InChI is InChI=1S/C8H6F2INO2/c1-3-6(7(9)10)4(11)2-5(12-3)8(13)14/h2,7H,1H3,(H,13,14). The topological polar surface area (TPSA) is 50.2 Å². The van der Waals surface area contributed by atoms with Crippen LogP contribution >= 0.6 is 22.6 Å². The molecule has 0 aromatic carbocycles. The summed E-state index contributed by atoms with van der Waals surface area (Å²) in [4.78, 5) is 14.1. The summed E-state index contributed by atoms with van der Waals surface area (Å²) in [6.45, 7) is 1.37. The molecule has 0 spiro atoms. The molecule has 0 fully saturated rings. The zero-order chi connectivity index (χ0) is 10.9. The minimum Gasteiger partial charge on any atom is -0.477 e. The normalized spacial score (nSPS) is 10.6. The highest BCUT2D eigenvalue weighted by Crippen LogP contribution is 2.27. The van der Waals surface area contributed by atoms with Crippen molar-refractivity contribution in [2.24, 2.45) is 0 Å². The molecule has 1 heterocycles. The molecule has 0 unspecified atom stereocenters. The molecule has 6 heteroatoms. The van der Waals surface area contributed by atoms with E-state index in [2.05, 4.69) is 4.98 Å². The number of carbonyl (C=O) groups is 1. The van der Waals surface area contributed by atoms with Crippen LogP contribution in [0.3, 0.4) is 0 Å². The second kappa shape index (κ2) is 4.16. The molecule has 0 aliphatic rings. The van der Waals surface area contributed by atoms with Gasteiger partial charge in [-0.1, -0.05) is 0 Å². The predicted octanol–water partition coefficient (Wildman–Crippen LogP) is 2.63. The SMILES string of the molecule is Cc1nc(C(=O)O)cc(I)c1C(F)F. The molecule has 0 radical (unpaired) electrons. The molecule has 1 rings (SSSR count). The van der Waals surface area contributed by atoms with Gasteiger partial charge in [0.05, 0.1) is 5.56 Å². The Balaban J connectivity index is 3.32. The lowest BCUT2D eigenvalue weighted by Gasteiger charge is -2.07. The Morgan fingerprint density at radius 2 is 2.21 bits per heavy atom. The summed E-state index contributed by atoms with van der Waals surface area (Å²) >= 11 is 1.68. The highest BCUT2D eigenvalue weighted by atomic mass is 127. The summed E-state index contributed by atoms with van der Waals surface area (Å²) in [5.74, 6) is -1.22. The highest BCUT2D eigenvalue weighted by molar-refractivity contribution is 14.1. The van der Waals surface area contributed by atoms with Gasteiger partial charge in [0.1, 0.15) is 5.69 Å². The number of aromatic carboxylic acids is 1. The van der Waals surface area contributed by atoms with Crippen LogP contribution < -0.4 is 0 Å². The number of hydrogen-bond donors (Lipinski definition) is 1. The van der Waals surface area contributed by atoms with Crippen molar-refractivity contribution in [3.63, 3.8) is 0 Å². The van der Waals surface area contributed by atoms with Gasteiger partial charge < -0.3 is 5.11 Å². The van der Waals surface area contributed by atoms with E-state index in [4.69, 9.17) is 5.11 Å². The van der Waals surface area contributed by atoms with Crippen molar-refractivity contribution in [3.05, 3.63) is 26.6 Å². The minimum absolute atomic E-state index is 0.0595. The van der Waals surface area contributed by atoms with Gasteiger partial charge in [0, 0.05) is 9.26 Å². The average molecular weight is 313 g/mol. The number of alkyl halides is 2. The van der Waals surface area contributed by atoms with Crippen molar-refractivity contribution in [1.82, 2.24) is 4.98 Å². The van der Waals surface area contributed by atoms with Gasteiger partial charge in [0.15, 0.2) is 0 Å². The molecule has 14 heavy (non-hydrogen) atoms. The molecule has 1 aromatic rings. The number of aromatic nitrogens is 1. The summed E-state index contributed by atoms with van der Waals surface area (Å²) in [5.41, 5.74) is -0.351. The Labute approximate surface area is 92.3 Å². The predicted molar refractivity (Wildman–Crippen MR) is 53.6 cm³/mol. The van der Waals surface area contributed by atoms with Crippen LogP contribution in [0.25, 0.3) is 0 Å². The molecule has 0 bridgehead atoms. The van der Waals surface area contributed by atoms with Crippen molar-refractivity contribution in [1.29, 1.82) is 0 Å².